The van der Waals surface area contributed by atoms with Gasteiger partial charge in [-0.25, -0.2) is 0 Å². The highest BCUT2D eigenvalue weighted by Crippen LogP contribution is 2.44. The van der Waals surface area contributed by atoms with Crippen LogP contribution in [0.5, 0.6) is 0 Å². The first-order valence-electron chi connectivity index (χ1n) is 6.17. The van der Waals surface area contributed by atoms with Gasteiger partial charge in [-0.15, -0.1) is 0 Å². The molecule has 0 aromatic heterocycles. The minimum Gasteiger partial charge on any atom is -0.0695 e. The van der Waals surface area contributed by atoms with Crippen molar-refractivity contribution in [3.8, 4) is 0 Å². The van der Waals surface area contributed by atoms with Crippen LogP contribution in [0.4, 0.5) is 0 Å². The van der Waals surface area contributed by atoms with Gasteiger partial charge < -0.3 is 0 Å². The summed E-state index contributed by atoms with van der Waals surface area (Å²) in [6.07, 6.45) is 3.08. The van der Waals surface area contributed by atoms with Gasteiger partial charge >= 0.3 is 0 Å². The lowest BCUT2D eigenvalue weighted by Gasteiger charge is -2.42. The van der Waals surface area contributed by atoms with Gasteiger partial charge in [-0.05, 0) is 11.8 Å². The number of rotatable bonds is 4. The zero-order valence-electron chi connectivity index (χ0n) is 11.0. The van der Waals surface area contributed by atoms with Crippen LogP contribution in [0.3, 0.4) is 0 Å². The predicted octanol–water partition coefficient (Wildman–Crippen LogP) is 4.69. The summed E-state index contributed by atoms with van der Waals surface area (Å²) in [4.78, 5) is 0. The highest BCUT2D eigenvalue weighted by Gasteiger charge is 2.36. The van der Waals surface area contributed by atoms with E-state index < -0.39 is 16.1 Å². The molecule has 1 fully saturated rings. The van der Waals surface area contributed by atoms with Crippen molar-refractivity contribution in [2.75, 3.05) is 0 Å². The first-order chi connectivity index (χ1) is 6.17. The molecule has 84 valence electrons. The predicted molar refractivity (Wildman–Crippen MR) is 72.5 cm³/mol. The second-order valence-corrected chi connectivity index (χ2v) is 18.7. The number of hydrogen-bond acceptors (Lipinski definition) is 0. The van der Waals surface area contributed by atoms with Gasteiger partial charge in [0.25, 0.3) is 0 Å². The summed E-state index contributed by atoms with van der Waals surface area (Å²) in [5, 5.41) is 0. The van der Waals surface area contributed by atoms with Gasteiger partial charge in [-0.1, -0.05) is 64.2 Å². The molecule has 1 aliphatic carbocycles. The quantitative estimate of drug-likeness (QED) is 0.613. The maximum Gasteiger partial charge on any atom is 0.0445 e. The molecule has 2 heteroatoms. The Morgan fingerprint density at radius 1 is 0.714 bits per heavy atom. The van der Waals surface area contributed by atoms with Crippen LogP contribution in [0, 0.1) is 11.8 Å². The molecule has 0 N–H and O–H groups in total. The highest BCUT2D eigenvalue weighted by atomic mass is 28.3. The van der Waals surface area contributed by atoms with Crippen molar-refractivity contribution in [1.29, 1.82) is 0 Å². The van der Waals surface area contributed by atoms with Crippen LogP contribution >= 0.6 is 0 Å². The Hall–Kier alpha value is 0.434. The molecule has 0 aliphatic heterocycles. The van der Waals surface area contributed by atoms with Gasteiger partial charge in [0.1, 0.15) is 0 Å². The van der Waals surface area contributed by atoms with E-state index in [2.05, 4.69) is 39.3 Å². The van der Waals surface area contributed by atoms with Gasteiger partial charge in [-0.2, -0.15) is 0 Å². The highest BCUT2D eigenvalue weighted by molar-refractivity contribution is 6.76. The number of hydrogen-bond donors (Lipinski definition) is 0. The second-order valence-electron chi connectivity index (χ2n) is 7.63. The molecule has 1 saturated carbocycles. The van der Waals surface area contributed by atoms with Crippen molar-refractivity contribution in [3.05, 3.63) is 0 Å². The monoisotopic (exact) mass is 228 g/mol. The van der Waals surface area contributed by atoms with E-state index in [-0.39, 0.29) is 0 Å². The van der Waals surface area contributed by atoms with Crippen LogP contribution in [0.25, 0.3) is 0 Å². The first-order valence-corrected chi connectivity index (χ1v) is 13.6. The molecule has 0 aromatic rings. The molecule has 1 aliphatic rings. The van der Waals surface area contributed by atoms with Crippen LogP contribution in [0.2, 0.25) is 51.4 Å². The second kappa shape index (κ2) is 4.13. The van der Waals surface area contributed by atoms with Crippen LogP contribution in [0.1, 0.15) is 12.8 Å². The largest absolute Gasteiger partial charge is 0.0695 e. The summed E-state index contributed by atoms with van der Waals surface area (Å²) < 4.78 is 0. The molecule has 0 bridgehead atoms. The molecular formula is C12H28Si2. The Bertz CT molecular complexity index is 163. The van der Waals surface area contributed by atoms with Crippen LogP contribution in [0.15, 0.2) is 0 Å². The average molecular weight is 229 g/mol. The molecule has 0 saturated heterocycles. The van der Waals surface area contributed by atoms with Crippen molar-refractivity contribution in [2.45, 2.75) is 64.2 Å². The van der Waals surface area contributed by atoms with Crippen molar-refractivity contribution < 1.29 is 0 Å². The summed E-state index contributed by atoms with van der Waals surface area (Å²) in [7, 11) is -1.58. The lowest BCUT2D eigenvalue weighted by atomic mass is 9.76. The zero-order valence-corrected chi connectivity index (χ0v) is 13.0. The molecule has 14 heavy (non-hydrogen) atoms. The van der Waals surface area contributed by atoms with Crippen molar-refractivity contribution >= 4 is 16.1 Å². The summed E-state index contributed by atoms with van der Waals surface area (Å²) in [6, 6.07) is 3.17. The van der Waals surface area contributed by atoms with Crippen molar-refractivity contribution in [1.82, 2.24) is 0 Å². The summed E-state index contributed by atoms with van der Waals surface area (Å²) in [5.41, 5.74) is 0. The fourth-order valence-electron chi connectivity index (χ4n) is 2.75. The minimum atomic E-state index is -0.792. The minimum absolute atomic E-state index is 0.792. The molecule has 2 atom stereocenters. The van der Waals surface area contributed by atoms with E-state index in [0.717, 1.165) is 11.8 Å². The average Bonchev–Trinajstić information content (AvgIpc) is 1.91. The lowest BCUT2D eigenvalue weighted by molar-refractivity contribution is 0.214. The molecule has 0 heterocycles. The third-order valence-corrected chi connectivity index (χ3v) is 6.82. The molecule has 0 aromatic carbocycles. The van der Waals surface area contributed by atoms with Crippen LogP contribution < -0.4 is 0 Å². The maximum absolute atomic E-state index is 2.52. The van der Waals surface area contributed by atoms with Gasteiger partial charge in [0.05, 0.1) is 0 Å². The molecule has 0 nitrogen and oxygen atoms in total. The Labute approximate surface area is 92.5 Å². The lowest BCUT2D eigenvalue weighted by Crippen LogP contribution is -2.37. The van der Waals surface area contributed by atoms with E-state index in [9.17, 15) is 0 Å². The van der Waals surface area contributed by atoms with Gasteiger partial charge in [0.2, 0.25) is 0 Å². The first kappa shape index (κ1) is 12.5. The van der Waals surface area contributed by atoms with Crippen molar-refractivity contribution in [3.63, 3.8) is 0 Å². The Morgan fingerprint density at radius 3 is 1.14 bits per heavy atom. The van der Waals surface area contributed by atoms with E-state index in [0.29, 0.717) is 0 Å². The fourth-order valence-corrected chi connectivity index (χ4v) is 6.97. The van der Waals surface area contributed by atoms with E-state index >= 15 is 0 Å². The normalized spacial score (nSPS) is 28.7. The maximum atomic E-state index is 2.52. The molecule has 0 unspecified atom stereocenters. The zero-order chi connectivity index (χ0) is 11.0. The van der Waals surface area contributed by atoms with Crippen LogP contribution in [-0.4, -0.2) is 16.1 Å². The van der Waals surface area contributed by atoms with E-state index in [1.807, 2.05) is 0 Å². The summed E-state index contributed by atoms with van der Waals surface area (Å²) >= 11 is 0. The molecule has 1 rings (SSSR count). The Morgan fingerprint density at radius 2 is 1.00 bits per heavy atom. The third-order valence-electron chi connectivity index (χ3n) is 3.32. The van der Waals surface area contributed by atoms with E-state index in [1.165, 1.54) is 0 Å². The Balaban J connectivity index is 2.36. The van der Waals surface area contributed by atoms with Crippen molar-refractivity contribution in [2.24, 2.45) is 11.8 Å². The van der Waals surface area contributed by atoms with E-state index in [4.69, 9.17) is 0 Å². The van der Waals surface area contributed by atoms with Gasteiger partial charge in [0.15, 0.2) is 0 Å². The molecule has 0 spiro atoms. The molecular weight excluding hydrogens is 200 g/mol. The smallest absolute Gasteiger partial charge is 0.0445 e. The summed E-state index contributed by atoms with van der Waals surface area (Å²) in [6.45, 7) is 15.1. The SMILES string of the molecule is C[Si](C)(C)C[C@@H]1CC[C@H]1C[Si](C)(C)C. The molecule has 0 radical (unpaired) electrons. The topological polar surface area (TPSA) is 0 Å². The van der Waals surface area contributed by atoms with Crippen LogP contribution in [-0.2, 0) is 0 Å². The van der Waals surface area contributed by atoms with E-state index in [1.54, 1.807) is 24.9 Å². The Kier molecular flexibility index (Phi) is 3.69. The third kappa shape index (κ3) is 4.30. The standard InChI is InChI=1S/C12H28Si2/c1-13(2,3)9-11-7-8-12(11)10-14(4,5)6/h11-12H,7-10H2,1-6H3/t11-,12-/m0/s1. The fraction of sp³-hybridized carbons (Fsp3) is 1.00. The van der Waals surface area contributed by atoms with Gasteiger partial charge in [-0.3, -0.25) is 0 Å². The van der Waals surface area contributed by atoms with Gasteiger partial charge in [0, 0.05) is 16.1 Å². The molecule has 0 amide bonds. The summed E-state index contributed by atoms with van der Waals surface area (Å²) in [5.74, 6) is 2.24.